The van der Waals surface area contributed by atoms with E-state index in [2.05, 4.69) is 5.32 Å². The van der Waals surface area contributed by atoms with Gasteiger partial charge in [0, 0.05) is 19.1 Å². The average molecular weight is 322 g/mol. The summed E-state index contributed by atoms with van der Waals surface area (Å²) in [5, 5.41) is 3.27. The first-order valence-electron chi connectivity index (χ1n) is 8.12. The SMILES string of the molecule is CNC(c1ccc(C)c(F)c1)C1CCN(C(=O)OC(C)(C)C)C1. The summed E-state index contributed by atoms with van der Waals surface area (Å²) in [6.07, 6.45) is 0.602. The molecule has 1 aromatic rings. The van der Waals surface area contributed by atoms with Crippen molar-refractivity contribution in [3.05, 3.63) is 35.1 Å². The Morgan fingerprint density at radius 3 is 2.70 bits per heavy atom. The zero-order valence-corrected chi connectivity index (χ0v) is 14.6. The topological polar surface area (TPSA) is 41.6 Å². The van der Waals surface area contributed by atoms with Crippen LogP contribution in [0.15, 0.2) is 18.2 Å². The van der Waals surface area contributed by atoms with E-state index in [9.17, 15) is 9.18 Å². The molecule has 1 saturated heterocycles. The Morgan fingerprint density at radius 1 is 1.43 bits per heavy atom. The number of benzene rings is 1. The minimum absolute atomic E-state index is 0.0255. The Morgan fingerprint density at radius 2 is 2.13 bits per heavy atom. The van der Waals surface area contributed by atoms with Crippen LogP contribution in [-0.2, 0) is 4.74 Å². The highest BCUT2D eigenvalue weighted by Crippen LogP contribution is 2.31. The first-order chi connectivity index (χ1) is 10.7. The fourth-order valence-electron chi connectivity index (χ4n) is 3.03. The summed E-state index contributed by atoms with van der Waals surface area (Å²) in [5.74, 6) is 0.0550. The predicted octanol–water partition coefficient (Wildman–Crippen LogP) is 3.65. The van der Waals surface area contributed by atoms with Crippen molar-refractivity contribution in [3.63, 3.8) is 0 Å². The number of likely N-dealkylation sites (tertiary alicyclic amines) is 1. The number of halogens is 1. The third-order valence-electron chi connectivity index (χ3n) is 4.21. The van der Waals surface area contributed by atoms with Crippen LogP contribution in [0.1, 0.15) is 44.4 Å². The van der Waals surface area contributed by atoms with Gasteiger partial charge in [-0.3, -0.25) is 0 Å². The molecule has 1 amide bonds. The van der Waals surface area contributed by atoms with Crippen molar-refractivity contribution < 1.29 is 13.9 Å². The van der Waals surface area contributed by atoms with Gasteiger partial charge in [0.2, 0.25) is 0 Å². The molecule has 2 rings (SSSR count). The highest BCUT2D eigenvalue weighted by molar-refractivity contribution is 5.68. The molecule has 2 atom stereocenters. The summed E-state index contributed by atoms with van der Waals surface area (Å²) in [6.45, 7) is 8.65. The third kappa shape index (κ3) is 4.44. The maximum atomic E-state index is 13.8. The van der Waals surface area contributed by atoms with Crippen LogP contribution < -0.4 is 5.32 Å². The lowest BCUT2D eigenvalue weighted by Gasteiger charge is -2.26. The number of nitrogens with zero attached hydrogens (tertiary/aromatic N) is 1. The van der Waals surface area contributed by atoms with Crippen LogP contribution in [0.3, 0.4) is 0 Å². The summed E-state index contributed by atoms with van der Waals surface area (Å²) >= 11 is 0. The minimum atomic E-state index is -0.488. The summed E-state index contributed by atoms with van der Waals surface area (Å²) in [7, 11) is 1.87. The average Bonchev–Trinajstić information content (AvgIpc) is 2.91. The molecule has 1 aromatic carbocycles. The van der Waals surface area contributed by atoms with Crippen LogP contribution in [0.4, 0.5) is 9.18 Å². The zero-order valence-electron chi connectivity index (χ0n) is 14.6. The van der Waals surface area contributed by atoms with Crippen molar-refractivity contribution in [2.24, 2.45) is 5.92 Å². The number of carbonyl (C=O) groups is 1. The normalized spacial score (nSPS) is 19.7. The van der Waals surface area contributed by atoms with Crippen LogP contribution >= 0.6 is 0 Å². The molecule has 0 aromatic heterocycles. The number of rotatable bonds is 3. The van der Waals surface area contributed by atoms with E-state index in [1.54, 1.807) is 24.0 Å². The second-order valence-corrected chi connectivity index (χ2v) is 7.25. The quantitative estimate of drug-likeness (QED) is 0.923. The van der Waals surface area contributed by atoms with Crippen LogP contribution in [0.5, 0.6) is 0 Å². The smallest absolute Gasteiger partial charge is 0.410 e. The fourth-order valence-corrected chi connectivity index (χ4v) is 3.03. The number of aryl methyl sites for hydroxylation is 1. The van der Waals surface area contributed by atoms with Gasteiger partial charge in [-0.15, -0.1) is 0 Å². The molecule has 0 saturated carbocycles. The van der Waals surface area contributed by atoms with Crippen molar-refractivity contribution in [1.29, 1.82) is 0 Å². The molecule has 0 bridgehead atoms. The van der Waals surface area contributed by atoms with E-state index in [0.717, 1.165) is 12.0 Å². The van der Waals surface area contributed by atoms with E-state index in [1.807, 2.05) is 33.9 Å². The maximum Gasteiger partial charge on any atom is 0.410 e. The van der Waals surface area contributed by atoms with Gasteiger partial charge in [0.15, 0.2) is 0 Å². The molecule has 1 aliphatic rings. The Balaban J connectivity index is 2.06. The van der Waals surface area contributed by atoms with Crippen LogP contribution in [0, 0.1) is 18.7 Å². The van der Waals surface area contributed by atoms with Crippen LogP contribution in [0.25, 0.3) is 0 Å². The van der Waals surface area contributed by atoms with Gasteiger partial charge in [-0.1, -0.05) is 12.1 Å². The molecule has 0 spiro atoms. The van der Waals surface area contributed by atoms with E-state index in [-0.39, 0.29) is 23.9 Å². The number of ether oxygens (including phenoxy) is 1. The number of hydrogen-bond acceptors (Lipinski definition) is 3. The minimum Gasteiger partial charge on any atom is -0.444 e. The Bertz CT molecular complexity index is 569. The van der Waals surface area contributed by atoms with Crippen molar-refractivity contribution in [1.82, 2.24) is 10.2 Å². The largest absolute Gasteiger partial charge is 0.444 e. The zero-order chi connectivity index (χ0) is 17.2. The van der Waals surface area contributed by atoms with Gasteiger partial charge in [-0.05, 0) is 64.3 Å². The van der Waals surface area contributed by atoms with E-state index >= 15 is 0 Å². The second kappa shape index (κ2) is 6.87. The van der Waals surface area contributed by atoms with Crippen LogP contribution in [-0.4, -0.2) is 36.7 Å². The van der Waals surface area contributed by atoms with Crippen molar-refractivity contribution in [3.8, 4) is 0 Å². The summed E-state index contributed by atoms with van der Waals surface area (Å²) in [5.41, 5.74) is 1.08. The van der Waals surface area contributed by atoms with E-state index in [1.165, 1.54) is 0 Å². The molecule has 0 aliphatic carbocycles. The Kier molecular flexibility index (Phi) is 5.30. The monoisotopic (exact) mass is 322 g/mol. The number of carbonyl (C=O) groups excluding carboxylic acids is 1. The van der Waals surface area contributed by atoms with Crippen LogP contribution in [0.2, 0.25) is 0 Å². The standard InChI is InChI=1S/C18H27FN2O2/c1-12-6-7-13(10-15(12)19)16(20-5)14-8-9-21(11-14)17(22)23-18(2,3)4/h6-7,10,14,16,20H,8-9,11H2,1-5H3. The summed E-state index contributed by atoms with van der Waals surface area (Å²) in [4.78, 5) is 13.9. The number of hydrogen-bond donors (Lipinski definition) is 1. The molecule has 4 nitrogen and oxygen atoms in total. The van der Waals surface area contributed by atoms with Gasteiger partial charge in [0.25, 0.3) is 0 Å². The molecule has 1 fully saturated rings. The Hall–Kier alpha value is -1.62. The third-order valence-corrected chi connectivity index (χ3v) is 4.21. The molecule has 128 valence electrons. The highest BCUT2D eigenvalue weighted by Gasteiger charge is 2.34. The lowest BCUT2D eigenvalue weighted by atomic mass is 9.92. The first kappa shape index (κ1) is 17.7. The van der Waals surface area contributed by atoms with Gasteiger partial charge < -0.3 is 15.0 Å². The Labute approximate surface area is 138 Å². The molecule has 23 heavy (non-hydrogen) atoms. The van der Waals surface area contributed by atoms with E-state index in [0.29, 0.717) is 18.7 Å². The highest BCUT2D eigenvalue weighted by atomic mass is 19.1. The molecule has 0 radical (unpaired) electrons. The second-order valence-electron chi connectivity index (χ2n) is 7.25. The summed E-state index contributed by atoms with van der Waals surface area (Å²) in [6, 6.07) is 5.37. The summed E-state index contributed by atoms with van der Waals surface area (Å²) < 4.78 is 19.3. The first-order valence-corrected chi connectivity index (χ1v) is 8.12. The van der Waals surface area contributed by atoms with E-state index in [4.69, 9.17) is 4.74 Å². The molecule has 1 heterocycles. The van der Waals surface area contributed by atoms with Crippen molar-refractivity contribution >= 4 is 6.09 Å². The maximum absolute atomic E-state index is 13.8. The molecule has 1 N–H and O–H groups in total. The van der Waals surface area contributed by atoms with E-state index < -0.39 is 5.60 Å². The lowest BCUT2D eigenvalue weighted by molar-refractivity contribution is 0.0285. The fraction of sp³-hybridized carbons (Fsp3) is 0.611. The molecular formula is C18H27FN2O2. The number of amides is 1. The van der Waals surface area contributed by atoms with Gasteiger partial charge >= 0.3 is 6.09 Å². The molecule has 2 unspecified atom stereocenters. The molecule has 1 aliphatic heterocycles. The predicted molar refractivity (Wildman–Crippen MR) is 88.9 cm³/mol. The van der Waals surface area contributed by atoms with Gasteiger partial charge in [0.05, 0.1) is 0 Å². The van der Waals surface area contributed by atoms with Crippen molar-refractivity contribution in [2.45, 2.75) is 45.8 Å². The van der Waals surface area contributed by atoms with Gasteiger partial charge in [0.1, 0.15) is 11.4 Å². The van der Waals surface area contributed by atoms with Gasteiger partial charge in [-0.25, -0.2) is 9.18 Å². The lowest BCUT2D eigenvalue weighted by Crippen LogP contribution is -2.36. The van der Waals surface area contributed by atoms with Gasteiger partial charge in [-0.2, -0.15) is 0 Å². The molecule has 5 heteroatoms. The van der Waals surface area contributed by atoms with Crippen molar-refractivity contribution in [2.75, 3.05) is 20.1 Å². The number of nitrogens with one attached hydrogen (secondary N) is 1. The molecular weight excluding hydrogens is 295 g/mol.